The van der Waals surface area contributed by atoms with Crippen LogP contribution in [0, 0.1) is 0 Å². The van der Waals surface area contributed by atoms with Crippen molar-refractivity contribution in [3.05, 3.63) is 23.9 Å². The number of aromatic nitrogens is 1. The van der Waals surface area contributed by atoms with Crippen molar-refractivity contribution in [2.45, 2.75) is 18.6 Å². The van der Waals surface area contributed by atoms with Gasteiger partial charge in [0.2, 0.25) is 11.8 Å². The lowest BCUT2D eigenvalue weighted by Gasteiger charge is -2.40. The van der Waals surface area contributed by atoms with Crippen LogP contribution in [0.15, 0.2) is 18.3 Å². The number of halogens is 3. The lowest BCUT2D eigenvalue weighted by Crippen LogP contribution is -2.57. The zero-order chi connectivity index (χ0) is 15.6. The predicted molar refractivity (Wildman–Crippen MR) is 67.6 cm³/mol. The van der Waals surface area contributed by atoms with E-state index in [1.807, 2.05) is 5.32 Å². The van der Waals surface area contributed by atoms with Gasteiger partial charge in [0.1, 0.15) is 18.4 Å². The van der Waals surface area contributed by atoms with E-state index >= 15 is 0 Å². The van der Waals surface area contributed by atoms with Gasteiger partial charge in [-0.05, 0) is 18.6 Å². The van der Waals surface area contributed by atoms with Crippen molar-refractivity contribution < 1.29 is 22.8 Å². The van der Waals surface area contributed by atoms with Gasteiger partial charge in [0.05, 0.1) is 0 Å². The van der Waals surface area contributed by atoms with Gasteiger partial charge in [-0.25, -0.2) is 4.98 Å². The van der Waals surface area contributed by atoms with Crippen molar-refractivity contribution >= 4 is 17.6 Å². The molecule has 0 aromatic carbocycles. The minimum atomic E-state index is -4.45. The number of hydrogen-bond acceptors (Lipinski definition) is 4. The van der Waals surface area contributed by atoms with E-state index in [1.54, 1.807) is 0 Å². The number of pyridine rings is 1. The number of nitrogens with zero attached hydrogens (tertiary/aromatic N) is 2. The Morgan fingerprint density at radius 2 is 2.19 bits per heavy atom. The number of hydrogen-bond donors (Lipinski definition) is 2. The summed E-state index contributed by atoms with van der Waals surface area (Å²) >= 11 is 0. The van der Waals surface area contributed by atoms with Gasteiger partial charge in [-0.15, -0.1) is 0 Å². The first kappa shape index (κ1) is 15.1. The minimum Gasteiger partial charge on any atom is -0.366 e. The Morgan fingerprint density at radius 1 is 1.48 bits per heavy atom. The number of nitrogens with two attached hydrogens (primary N) is 1. The molecule has 1 aromatic rings. The largest absolute Gasteiger partial charge is 0.405 e. The van der Waals surface area contributed by atoms with Gasteiger partial charge in [0.25, 0.3) is 0 Å². The molecule has 0 bridgehead atoms. The molecular weight excluding hydrogens is 289 g/mol. The van der Waals surface area contributed by atoms with Gasteiger partial charge in [-0.3, -0.25) is 9.59 Å². The Morgan fingerprint density at radius 3 is 2.71 bits per heavy atom. The molecule has 3 N–H and O–H groups in total. The molecule has 2 heterocycles. The number of anilines is 1. The van der Waals surface area contributed by atoms with Crippen LogP contribution in [-0.2, 0) is 4.79 Å². The summed E-state index contributed by atoms with van der Waals surface area (Å²) in [6, 6.07) is 2.11. The van der Waals surface area contributed by atoms with Crippen LogP contribution in [0.3, 0.4) is 0 Å². The molecule has 1 aliphatic heterocycles. The summed E-state index contributed by atoms with van der Waals surface area (Å²) in [5.74, 6) is -1.02. The maximum absolute atomic E-state index is 12.1. The molecule has 9 heteroatoms. The Bertz CT molecular complexity index is 562. The zero-order valence-corrected chi connectivity index (χ0v) is 10.9. The summed E-state index contributed by atoms with van der Waals surface area (Å²) in [5, 5.41) is 1.84. The maximum atomic E-state index is 12.1. The fraction of sp³-hybridized carbons (Fsp3) is 0.417. The van der Waals surface area contributed by atoms with Crippen LogP contribution in [0.2, 0.25) is 0 Å². The summed E-state index contributed by atoms with van der Waals surface area (Å²) in [5.41, 5.74) is 5.37. The monoisotopic (exact) mass is 302 g/mol. The summed E-state index contributed by atoms with van der Waals surface area (Å²) < 4.78 is 36.2. The number of primary amides is 1. The number of alkyl halides is 3. The highest BCUT2D eigenvalue weighted by molar-refractivity contribution is 5.94. The van der Waals surface area contributed by atoms with Gasteiger partial charge in [-0.2, -0.15) is 13.2 Å². The van der Waals surface area contributed by atoms with Crippen LogP contribution < -0.4 is 16.0 Å². The van der Waals surface area contributed by atoms with E-state index in [9.17, 15) is 22.8 Å². The molecule has 1 aromatic heterocycles. The van der Waals surface area contributed by atoms with E-state index in [4.69, 9.17) is 5.73 Å². The molecular formula is C12H13F3N4O2. The summed E-state index contributed by atoms with van der Waals surface area (Å²) in [7, 11) is 0. The Balaban J connectivity index is 2.03. The molecule has 114 valence electrons. The average molecular weight is 302 g/mol. The molecule has 1 atom stereocenters. The van der Waals surface area contributed by atoms with E-state index in [2.05, 4.69) is 4.98 Å². The van der Waals surface area contributed by atoms with Gasteiger partial charge < -0.3 is 16.0 Å². The molecule has 21 heavy (non-hydrogen) atoms. The molecule has 1 saturated heterocycles. The van der Waals surface area contributed by atoms with Gasteiger partial charge in [-0.1, -0.05) is 0 Å². The molecule has 0 spiro atoms. The third-order valence-electron chi connectivity index (χ3n) is 3.11. The summed E-state index contributed by atoms with van der Waals surface area (Å²) in [6.07, 6.45) is -2.67. The van der Waals surface area contributed by atoms with Crippen molar-refractivity contribution in [1.82, 2.24) is 10.3 Å². The number of rotatable bonds is 4. The molecule has 1 fully saturated rings. The summed E-state index contributed by atoms with van der Waals surface area (Å²) in [4.78, 5) is 28.3. The predicted octanol–water partition coefficient (Wildman–Crippen LogP) is 0.438. The molecule has 2 rings (SSSR count). The lowest BCUT2D eigenvalue weighted by molar-refractivity contribution is -0.139. The van der Waals surface area contributed by atoms with E-state index in [0.29, 0.717) is 18.8 Å². The highest BCUT2D eigenvalue weighted by Crippen LogP contribution is 2.25. The van der Waals surface area contributed by atoms with Gasteiger partial charge in [0.15, 0.2) is 0 Å². The van der Waals surface area contributed by atoms with E-state index in [-0.39, 0.29) is 5.56 Å². The first-order valence-electron chi connectivity index (χ1n) is 6.15. The Kier molecular flexibility index (Phi) is 4.01. The van der Waals surface area contributed by atoms with Crippen molar-refractivity contribution in [3.8, 4) is 0 Å². The quantitative estimate of drug-likeness (QED) is 0.844. The van der Waals surface area contributed by atoms with Crippen LogP contribution in [-0.4, -0.2) is 42.1 Å². The lowest BCUT2D eigenvalue weighted by atomic mass is 10.0. The van der Waals surface area contributed by atoms with Gasteiger partial charge >= 0.3 is 6.18 Å². The number of carbonyl (C=O) groups excluding carboxylic acids is 2. The normalized spacial score (nSPS) is 18.0. The van der Waals surface area contributed by atoms with Crippen molar-refractivity contribution in [2.24, 2.45) is 5.73 Å². The van der Waals surface area contributed by atoms with E-state index in [0.717, 1.165) is 0 Å². The standard InChI is InChI=1S/C12H13F3N4O2/c13-12(14,15)6-18-11(21)8-2-4-19(8)9-5-7(10(16)20)1-3-17-9/h1,3,5,8H,2,4,6H2,(H2,16,20)(H,18,21)/t8-/m0/s1. The van der Waals surface area contributed by atoms with Crippen molar-refractivity contribution in [2.75, 3.05) is 18.0 Å². The molecule has 2 amide bonds. The van der Waals surface area contributed by atoms with Crippen LogP contribution in [0.5, 0.6) is 0 Å². The number of amides is 2. The average Bonchev–Trinajstić information content (AvgIpc) is 2.34. The first-order valence-corrected chi connectivity index (χ1v) is 6.15. The SMILES string of the molecule is NC(=O)c1ccnc(N2CC[C@H]2C(=O)NCC(F)(F)F)c1. The van der Waals surface area contributed by atoms with Gasteiger partial charge in [0, 0.05) is 18.3 Å². The first-order chi connectivity index (χ1) is 9.78. The third-order valence-corrected chi connectivity index (χ3v) is 3.11. The number of carbonyl (C=O) groups is 2. The molecule has 0 unspecified atom stereocenters. The van der Waals surface area contributed by atoms with Crippen LogP contribution in [0.25, 0.3) is 0 Å². The van der Waals surface area contributed by atoms with Crippen molar-refractivity contribution in [1.29, 1.82) is 0 Å². The fourth-order valence-electron chi connectivity index (χ4n) is 1.97. The van der Waals surface area contributed by atoms with Crippen LogP contribution in [0.1, 0.15) is 16.8 Å². The molecule has 0 aliphatic carbocycles. The van der Waals surface area contributed by atoms with Crippen molar-refractivity contribution in [3.63, 3.8) is 0 Å². The molecule has 6 nitrogen and oxygen atoms in total. The van der Waals surface area contributed by atoms with Crippen LogP contribution >= 0.6 is 0 Å². The highest BCUT2D eigenvalue weighted by Gasteiger charge is 2.37. The fourth-order valence-corrected chi connectivity index (χ4v) is 1.97. The zero-order valence-electron chi connectivity index (χ0n) is 10.9. The summed E-state index contributed by atoms with van der Waals surface area (Å²) in [6.45, 7) is -0.899. The minimum absolute atomic E-state index is 0.223. The highest BCUT2D eigenvalue weighted by atomic mass is 19.4. The second-order valence-electron chi connectivity index (χ2n) is 4.60. The maximum Gasteiger partial charge on any atom is 0.405 e. The molecule has 0 radical (unpaired) electrons. The molecule has 1 aliphatic rings. The Hall–Kier alpha value is -2.32. The topological polar surface area (TPSA) is 88.3 Å². The van der Waals surface area contributed by atoms with Crippen LogP contribution in [0.4, 0.5) is 19.0 Å². The number of nitrogens with one attached hydrogen (secondary N) is 1. The van der Waals surface area contributed by atoms with E-state index < -0.39 is 30.6 Å². The third kappa shape index (κ3) is 3.61. The second kappa shape index (κ2) is 5.58. The second-order valence-corrected chi connectivity index (χ2v) is 4.60. The molecule has 0 saturated carbocycles. The van der Waals surface area contributed by atoms with E-state index in [1.165, 1.54) is 23.2 Å². The smallest absolute Gasteiger partial charge is 0.366 e. The Labute approximate surface area is 118 Å².